The summed E-state index contributed by atoms with van der Waals surface area (Å²) >= 11 is 0. The third-order valence-corrected chi connectivity index (χ3v) is 4.13. The molecule has 0 heterocycles. The Balaban J connectivity index is 3.86. The first kappa shape index (κ1) is 13.6. The van der Waals surface area contributed by atoms with Crippen molar-refractivity contribution in [2.75, 3.05) is 5.75 Å². The Morgan fingerprint density at radius 2 is 2.00 bits per heavy atom. The number of hydrogen-bond donors (Lipinski definition) is 2. The van der Waals surface area contributed by atoms with Crippen LogP contribution in [0.2, 0.25) is 0 Å². The highest BCUT2D eigenvalue weighted by molar-refractivity contribution is 8.76. The van der Waals surface area contributed by atoms with Crippen LogP contribution in [0.3, 0.4) is 0 Å². The van der Waals surface area contributed by atoms with Gasteiger partial charge in [-0.1, -0.05) is 35.4 Å². The van der Waals surface area contributed by atoms with E-state index in [0.717, 1.165) is 0 Å². The van der Waals surface area contributed by atoms with Gasteiger partial charge in [0.1, 0.15) is 6.04 Å². The van der Waals surface area contributed by atoms with E-state index in [-0.39, 0.29) is 5.91 Å². The van der Waals surface area contributed by atoms with Gasteiger partial charge in [0.2, 0.25) is 5.91 Å². The molecule has 0 rings (SSSR count). The van der Waals surface area contributed by atoms with Crippen LogP contribution in [0.1, 0.15) is 20.8 Å². The van der Waals surface area contributed by atoms with Crippen molar-refractivity contribution in [1.82, 2.24) is 5.32 Å². The van der Waals surface area contributed by atoms with Gasteiger partial charge >= 0.3 is 5.97 Å². The second kappa shape index (κ2) is 7.00. The number of amides is 1. The maximum absolute atomic E-state index is 10.7. The summed E-state index contributed by atoms with van der Waals surface area (Å²) in [5.74, 6) is -0.915. The molecule has 0 radical (unpaired) electrons. The largest absolute Gasteiger partial charge is 0.480 e. The molecular weight excluding hydrogens is 222 g/mol. The summed E-state index contributed by atoms with van der Waals surface area (Å²) in [4.78, 5) is 21.3. The molecule has 6 heteroatoms. The summed E-state index contributed by atoms with van der Waals surface area (Å²) in [6, 6.07) is -0.788. The summed E-state index contributed by atoms with van der Waals surface area (Å²) in [7, 11) is 3.07. The predicted octanol–water partition coefficient (Wildman–Crippen LogP) is 1.37. The lowest BCUT2D eigenvalue weighted by Gasteiger charge is -2.12. The van der Waals surface area contributed by atoms with Crippen molar-refractivity contribution in [3.05, 3.63) is 0 Å². The smallest absolute Gasteiger partial charge is 0.327 e. The zero-order valence-corrected chi connectivity index (χ0v) is 10.1. The van der Waals surface area contributed by atoms with Crippen molar-refractivity contribution in [1.29, 1.82) is 0 Å². The fourth-order valence-electron chi connectivity index (χ4n) is 0.663. The van der Waals surface area contributed by atoms with Crippen LogP contribution in [-0.4, -0.2) is 34.0 Å². The van der Waals surface area contributed by atoms with Gasteiger partial charge in [-0.3, -0.25) is 4.79 Å². The van der Waals surface area contributed by atoms with Crippen molar-refractivity contribution in [3.8, 4) is 0 Å². The molecule has 0 aliphatic heterocycles. The number of carboxylic acid groups (broad SMARTS) is 1. The molecule has 0 saturated carbocycles. The van der Waals surface area contributed by atoms with E-state index in [0.29, 0.717) is 11.0 Å². The van der Waals surface area contributed by atoms with Crippen molar-refractivity contribution < 1.29 is 14.7 Å². The van der Waals surface area contributed by atoms with Crippen LogP contribution in [0.15, 0.2) is 0 Å². The van der Waals surface area contributed by atoms with Crippen molar-refractivity contribution in [2.24, 2.45) is 0 Å². The number of carboxylic acids is 1. The number of nitrogens with one attached hydrogen (secondary N) is 1. The lowest BCUT2D eigenvalue weighted by Crippen LogP contribution is -2.41. The fraction of sp³-hybridized carbons (Fsp3) is 0.750. The quantitative estimate of drug-likeness (QED) is 0.683. The molecule has 0 aromatic heterocycles. The van der Waals surface area contributed by atoms with Crippen LogP contribution in [0, 0.1) is 0 Å². The normalized spacial score (nSPS) is 12.6. The summed E-state index contributed by atoms with van der Waals surface area (Å²) in [6.07, 6.45) is 0. The Hall–Kier alpha value is -0.360. The summed E-state index contributed by atoms with van der Waals surface area (Å²) in [5, 5.41) is 11.6. The molecule has 14 heavy (non-hydrogen) atoms. The topological polar surface area (TPSA) is 66.4 Å². The van der Waals surface area contributed by atoms with E-state index in [9.17, 15) is 9.59 Å². The van der Waals surface area contributed by atoms with Gasteiger partial charge in [0, 0.05) is 17.9 Å². The Bertz CT molecular complexity index is 209. The Labute approximate surface area is 91.6 Å². The molecule has 1 amide bonds. The highest BCUT2D eigenvalue weighted by Gasteiger charge is 2.18. The van der Waals surface area contributed by atoms with Gasteiger partial charge < -0.3 is 10.4 Å². The van der Waals surface area contributed by atoms with E-state index in [1.165, 1.54) is 17.7 Å². The van der Waals surface area contributed by atoms with Crippen LogP contribution < -0.4 is 5.32 Å². The van der Waals surface area contributed by atoms with Gasteiger partial charge in [-0.15, -0.1) is 0 Å². The first-order valence-electron chi connectivity index (χ1n) is 4.21. The van der Waals surface area contributed by atoms with Crippen LogP contribution in [0.25, 0.3) is 0 Å². The average Bonchev–Trinajstić information content (AvgIpc) is 2.00. The van der Waals surface area contributed by atoms with Gasteiger partial charge in [-0.25, -0.2) is 4.79 Å². The van der Waals surface area contributed by atoms with Gasteiger partial charge in [0.25, 0.3) is 0 Å². The molecule has 0 fully saturated rings. The van der Waals surface area contributed by atoms with E-state index in [1.807, 2.05) is 13.8 Å². The predicted molar refractivity (Wildman–Crippen MR) is 60.4 cm³/mol. The standard InChI is InChI=1S/C8H15NO3S2/c1-5(2)14-13-4-7(8(11)12)9-6(3)10/h5,7H,4H2,1-3H3,(H,9,10)(H,11,12)/t7-/m0/s1. The molecule has 0 aromatic rings. The fourth-order valence-corrected chi connectivity index (χ4v) is 2.84. The van der Waals surface area contributed by atoms with E-state index in [1.54, 1.807) is 10.8 Å². The highest BCUT2D eigenvalue weighted by Crippen LogP contribution is 2.26. The molecular formula is C8H15NO3S2. The molecule has 4 nitrogen and oxygen atoms in total. The number of carbonyl (C=O) groups excluding carboxylic acids is 1. The number of aliphatic carboxylic acids is 1. The van der Waals surface area contributed by atoms with Crippen molar-refractivity contribution >= 4 is 33.5 Å². The minimum Gasteiger partial charge on any atom is -0.480 e. The summed E-state index contributed by atoms with van der Waals surface area (Å²) in [5.41, 5.74) is 0. The summed E-state index contributed by atoms with van der Waals surface area (Å²) < 4.78 is 0. The Morgan fingerprint density at radius 1 is 1.43 bits per heavy atom. The molecule has 0 aliphatic rings. The second-order valence-electron chi connectivity index (χ2n) is 3.02. The minimum absolute atomic E-state index is 0.312. The highest BCUT2D eigenvalue weighted by atomic mass is 33.1. The van der Waals surface area contributed by atoms with E-state index < -0.39 is 12.0 Å². The van der Waals surface area contributed by atoms with E-state index >= 15 is 0 Å². The van der Waals surface area contributed by atoms with Crippen LogP contribution >= 0.6 is 21.6 Å². The second-order valence-corrected chi connectivity index (χ2v) is 6.01. The molecule has 82 valence electrons. The van der Waals surface area contributed by atoms with Gasteiger partial charge in [-0.05, 0) is 0 Å². The average molecular weight is 237 g/mol. The van der Waals surface area contributed by atoms with Crippen LogP contribution in [0.5, 0.6) is 0 Å². The van der Waals surface area contributed by atoms with Crippen LogP contribution in [-0.2, 0) is 9.59 Å². The molecule has 0 bridgehead atoms. The Morgan fingerprint density at radius 3 is 2.36 bits per heavy atom. The van der Waals surface area contributed by atoms with Gasteiger partial charge in [-0.2, -0.15) is 0 Å². The maximum atomic E-state index is 10.7. The maximum Gasteiger partial charge on any atom is 0.327 e. The van der Waals surface area contributed by atoms with Gasteiger partial charge in [0.15, 0.2) is 0 Å². The third-order valence-electron chi connectivity index (χ3n) is 1.17. The van der Waals surface area contributed by atoms with Crippen LogP contribution in [0.4, 0.5) is 0 Å². The first-order valence-corrected chi connectivity index (χ1v) is 6.60. The Kier molecular flexibility index (Phi) is 6.82. The molecule has 0 spiro atoms. The first-order chi connectivity index (χ1) is 6.43. The van der Waals surface area contributed by atoms with Crippen molar-refractivity contribution in [2.45, 2.75) is 32.1 Å². The zero-order valence-electron chi connectivity index (χ0n) is 8.44. The lowest BCUT2D eigenvalue weighted by molar-refractivity contribution is -0.140. The summed E-state index contributed by atoms with van der Waals surface area (Å²) in [6.45, 7) is 5.38. The zero-order chi connectivity index (χ0) is 11.1. The van der Waals surface area contributed by atoms with E-state index in [2.05, 4.69) is 5.32 Å². The number of hydrogen-bond acceptors (Lipinski definition) is 4. The molecule has 1 atom stereocenters. The van der Waals surface area contributed by atoms with E-state index in [4.69, 9.17) is 5.11 Å². The SMILES string of the molecule is CC(=O)N[C@@H](CSSC(C)C)C(=O)O. The lowest BCUT2D eigenvalue weighted by atomic mass is 10.3. The van der Waals surface area contributed by atoms with Gasteiger partial charge in [0.05, 0.1) is 0 Å². The van der Waals surface area contributed by atoms with Crippen molar-refractivity contribution in [3.63, 3.8) is 0 Å². The molecule has 0 saturated heterocycles. The molecule has 0 aliphatic carbocycles. The third kappa shape index (κ3) is 7.08. The number of carbonyl (C=O) groups is 2. The molecule has 2 N–H and O–H groups in total. The minimum atomic E-state index is -0.989. The molecule has 0 aromatic carbocycles. The molecule has 0 unspecified atom stereocenters. The monoisotopic (exact) mass is 237 g/mol. The number of rotatable bonds is 6.